The van der Waals surface area contributed by atoms with Crippen LogP contribution in [0.2, 0.25) is 5.02 Å². The fraction of sp³-hybridized carbons (Fsp3) is 0.250. The number of carbonyl (C=O) groups is 2. The number of halogens is 1. The Kier molecular flexibility index (Phi) is 4.63. The molecule has 3 aromatic rings. The van der Waals surface area contributed by atoms with Crippen LogP contribution in [0.1, 0.15) is 29.9 Å². The van der Waals surface area contributed by atoms with Crippen LogP contribution in [0.25, 0.3) is 0 Å². The van der Waals surface area contributed by atoms with Crippen LogP contribution in [-0.2, 0) is 11.2 Å². The second kappa shape index (κ2) is 7.59. The monoisotopic (exact) mass is 477 g/mol. The molecule has 9 nitrogen and oxygen atoms in total. The molecule has 0 spiro atoms. The van der Waals surface area contributed by atoms with Gasteiger partial charge < -0.3 is 20.5 Å². The van der Waals surface area contributed by atoms with Crippen molar-refractivity contribution >= 4 is 35.2 Å². The average Bonchev–Trinajstić information content (AvgIpc) is 3.65. The number of fused-ring (bicyclic) bond motifs is 2. The second-order valence-corrected chi connectivity index (χ2v) is 9.21. The van der Waals surface area contributed by atoms with E-state index in [9.17, 15) is 14.7 Å². The lowest BCUT2D eigenvalue weighted by molar-refractivity contribution is -0.116. The van der Waals surface area contributed by atoms with Crippen LogP contribution in [0.3, 0.4) is 0 Å². The highest BCUT2D eigenvalue weighted by Gasteiger charge is 2.80. The number of amides is 3. The summed E-state index contributed by atoms with van der Waals surface area (Å²) in [6, 6.07) is 9.70. The number of pyridine rings is 2. The third-order valence-electron chi connectivity index (χ3n) is 6.65. The maximum Gasteiger partial charge on any atom is 0.320 e. The number of ether oxygens (including phenoxy) is 1. The van der Waals surface area contributed by atoms with Crippen molar-refractivity contribution in [3.63, 3.8) is 0 Å². The molecule has 4 N–H and O–H groups in total. The van der Waals surface area contributed by atoms with Crippen molar-refractivity contribution in [2.75, 3.05) is 10.6 Å². The van der Waals surface area contributed by atoms with Crippen molar-refractivity contribution < 1.29 is 19.4 Å². The first-order valence-electron chi connectivity index (χ1n) is 10.9. The van der Waals surface area contributed by atoms with Crippen molar-refractivity contribution in [3.05, 3.63) is 64.9 Å². The lowest BCUT2D eigenvalue weighted by Gasteiger charge is -2.20. The Morgan fingerprint density at radius 1 is 1.18 bits per heavy atom. The minimum atomic E-state index is -0.376. The predicted molar refractivity (Wildman–Crippen MR) is 124 cm³/mol. The Hall–Kier alpha value is -3.85. The smallest absolute Gasteiger partial charge is 0.320 e. The standard InChI is InChI=1S/C24H20ClN5O4/c25-12-5-7-26-19(9-12)28-23(33)30-24-11-16(24)21(24)15-10-13(1-3-17(15)31)34-18-6-8-27-22-14(18)2-4-20(32)29-22/h1,3,5-10,16,21,31H,2,4,11H2,(H,27,29,32)(H2,26,28,30,33)/t16-,21+,24-/m0/s1. The van der Waals surface area contributed by atoms with Gasteiger partial charge in [0.05, 0.1) is 5.54 Å². The van der Waals surface area contributed by atoms with Gasteiger partial charge in [-0.3, -0.25) is 10.1 Å². The molecule has 172 valence electrons. The highest BCUT2D eigenvalue weighted by molar-refractivity contribution is 6.30. The van der Waals surface area contributed by atoms with Gasteiger partial charge in [-0.15, -0.1) is 0 Å². The van der Waals surface area contributed by atoms with Crippen LogP contribution in [0.4, 0.5) is 16.4 Å². The number of phenols is 1. The van der Waals surface area contributed by atoms with E-state index in [2.05, 4.69) is 25.9 Å². The molecule has 10 heteroatoms. The Bertz CT molecular complexity index is 1350. The minimum Gasteiger partial charge on any atom is -0.508 e. The molecule has 3 aliphatic rings. The van der Waals surface area contributed by atoms with Gasteiger partial charge in [-0.2, -0.15) is 0 Å². The molecule has 1 aliphatic heterocycles. The summed E-state index contributed by atoms with van der Waals surface area (Å²) >= 11 is 5.95. The third kappa shape index (κ3) is 3.58. The first kappa shape index (κ1) is 20.7. The number of aromatic hydroxyl groups is 1. The number of nitrogens with zero attached hydrogens (tertiary/aromatic N) is 2. The number of rotatable bonds is 5. The highest BCUT2D eigenvalue weighted by atomic mass is 35.5. The molecule has 0 saturated heterocycles. The Morgan fingerprint density at radius 3 is 2.85 bits per heavy atom. The summed E-state index contributed by atoms with van der Waals surface area (Å²) in [5, 5.41) is 19.5. The number of anilines is 2. The number of hydrogen-bond donors (Lipinski definition) is 4. The molecule has 6 rings (SSSR count). The summed E-state index contributed by atoms with van der Waals surface area (Å²) in [5.41, 5.74) is 1.19. The van der Waals surface area contributed by atoms with E-state index in [4.69, 9.17) is 16.3 Å². The number of benzene rings is 1. The SMILES string of the molecule is O=C1CCc2c(Oc3ccc(O)c([C@@H]4[C@@H]5C[C@@]45NC(=O)Nc4cc(Cl)ccn4)c3)ccnc2N1. The molecule has 2 aromatic heterocycles. The largest absolute Gasteiger partial charge is 0.508 e. The second-order valence-electron chi connectivity index (χ2n) is 8.77. The third-order valence-corrected chi connectivity index (χ3v) is 6.89. The van der Waals surface area contributed by atoms with Crippen LogP contribution >= 0.6 is 11.6 Å². The normalized spacial score (nSPS) is 23.7. The van der Waals surface area contributed by atoms with Gasteiger partial charge in [-0.05, 0) is 55.2 Å². The van der Waals surface area contributed by atoms with Gasteiger partial charge in [0.1, 0.15) is 28.9 Å². The molecule has 3 heterocycles. The molecule has 3 atom stereocenters. The quantitative estimate of drug-likeness (QED) is 0.436. The van der Waals surface area contributed by atoms with Crippen molar-refractivity contribution in [1.82, 2.24) is 15.3 Å². The van der Waals surface area contributed by atoms with Crippen LogP contribution in [0, 0.1) is 5.92 Å². The molecule has 34 heavy (non-hydrogen) atoms. The van der Waals surface area contributed by atoms with Crippen molar-refractivity contribution in [1.29, 1.82) is 0 Å². The fourth-order valence-electron chi connectivity index (χ4n) is 4.78. The van der Waals surface area contributed by atoms with Crippen molar-refractivity contribution in [2.24, 2.45) is 5.92 Å². The number of nitrogens with one attached hydrogen (secondary N) is 3. The van der Waals surface area contributed by atoms with Gasteiger partial charge in [0, 0.05) is 40.9 Å². The summed E-state index contributed by atoms with van der Waals surface area (Å²) in [6.07, 6.45) is 4.87. The van der Waals surface area contributed by atoms with Crippen LogP contribution in [0.15, 0.2) is 48.8 Å². The highest BCUT2D eigenvalue weighted by Crippen LogP contribution is 2.77. The van der Waals surface area contributed by atoms with Gasteiger partial charge in [-0.25, -0.2) is 14.8 Å². The molecule has 1 aromatic carbocycles. The van der Waals surface area contributed by atoms with Gasteiger partial charge >= 0.3 is 6.03 Å². The van der Waals surface area contributed by atoms with Gasteiger partial charge in [0.15, 0.2) is 0 Å². The average molecular weight is 478 g/mol. The van der Waals surface area contributed by atoms with Crippen LogP contribution in [-0.4, -0.2) is 32.6 Å². The zero-order valence-corrected chi connectivity index (χ0v) is 18.6. The maximum atomic E-state index is 12.5. The van der Waals surface area contributed by atoms with E-state index < -0.39 is 0 Å². The lowest BCUT2D eigenvalue weighted by Crippen LogP contribution is -2.36. The van der Waals surface area contributed by atoms with E-state index in [-0.39, 0.29) is 35.1 Å². The van der Waals surface area contributed by atoms with E-state index in [0.717, 1.165) is 17.5 Å². The summed E-state index contributed by atoms with van der Waals surface area (Å²) in [5.74, 6) is 2.41. The van der Waals surface area contributed by atoms with Crippen LogP contribution in [0.5, 0.6) is 17.2 Å². The summed E-state index contributed by atoms with van der Waals surface area (Å²) < 4.78 is 6.12. The predicted octanol–water partition coefficient (Wildman–Crippen LogP) is 4.19. The zero-order valence-electron chi connectivity index (χ0n) is 17.8. The minimum absolute atomic E-state index is 0.000219. The Morgan fingerprint density at radius 2 is 2.03 bits per heavy atom. The van der Waals surface area contributed by atoms with Crippen LogP contribution < -0.4 is 20.7 Å². The molecular weight excluding hydrogens is 458 g/mol. The molecule has 2 fully saturated rings. The fourth-order valence-corrected chi connectivity index (χ4v) is 4.94. The lowest BCUT2D eigenvalue weighted by atomic mass is 9.99. The van der Waals surface area contributed by atoms with E-state index >= 15 is 0 Å². The van der Waals surface area contributed by atoms with Crippen molar-refractivity contribution in [2.45, 2.75) is 30.7 Å². The zero-order chi connectivity index (χ0) is 23.4. The Labute approximate surface area is 199 Å². The number of urea groups is 1. The summed E-state index contributed by atoms with van der Waals surface area (Å²) in [6.45, 7) is 0. The Balaban J connectivity index is 1.17. The maximum absolute atomic E-state index is 12.5. The number of hydrogen-bond acceptors (Lipinski definition) is 6. The molecular formula is C24H20ClN5O4. The van der Waals surface area contributed by atoms with E-state index in [1.54, 1.807) is 42.6 Å². The first-order chi connectivity index (χ1) is 16.4. The molecule has 2 saturated carbocycles. The van der Waals surface area contributed by atoms with Gasteiger partial charge in [0.2, 0.25) is 5.91 Å². The molecule has 0 bridgehead atoms. The topological polar surface area (TPSA) is 125 Å². The van der Waals surface area contributed by atoms with E-state index in [1.807, 2.05) is 0 Å². The number of aromatic nitrogens is 2. The molecule has 0 radical (unpaired) electrons. The van der Waals surface area contributed by atoms with Crippen molar-refractivity contribution in [3.8, 4) is 17.2 Å². The van der Waals surface area contributed by atoms with Gasteiger partial charge in [-0.1, -0.05) is 11.6 Å². The van der Waals surface area contributed by atoms with Gasteiger partial charge in [0.25, 0.3) is 0 Å². The number of carbonyl (C=O) groups excluding carboxylic acids is 2. The number of phenolic OH excluding ortho intramolecular Hbond substituents is 1. The first-order valence-corrected chi connectivity index (χ1v) is 11.3. The summed E-state index contributed by atoms with van der Waals surface area (Å²) in [7, 11) is 0. The van der Waals surface area contributed by atoms with E-state index in [0.29, 0.717) is 41.0 Å². The molecule has 2 aliphatic carbocycles. The van der Waals surface area contributed by atoms with E-state index in [1.165, 1.54) is 6.20 Å². The molecule has 3 amide bonds. The molecule has 0 unspecified atom stereocenters. The summed E-state index contributed by atoms with van der Waals surface area (Å²) in [4.78, 5) is 32.5.